The molecule has 1 aromatic carbocycles. The molecule has 0 fully saturated rings. The molecule has 0 radical (unpaired) electrons. The lowest BCUT2D eigenvalue weighted by atomic mass is 10.2. The standard InChI is InChI=1S/C10H8BrNO2S/c1-6(13)14-10(11)9-7-4-2-3-5-8(7)15-12-9/h2-5,10H,1H3. The minimum atomic E-state index is -0.467. The molecule has 0 amide bonds. The van der Waals surface area contributed by atoms with E-state index in [0.29, 0.717) is 0 Å². The van der Waals surface area contributed by atoms with Gasteiger partial charge in [-0.15, -0.1) is 0 Å². The van der Waals surface area contributed by atoms with Gasteiger partial charge in [0.25, 0.3) is 0 Å². The summed E-state index contributed by atoms with van der Waals surface area (Å²) in [6.07, 6.45) is 0. The Morgan fingerprint density at radius 1 is 1.53 bits per heavy atom. The SMILES string of the molecule is CC(=O)OC(Br)c1nsc2ccccc12. The molecule has 0 N–H and O–H groups in total. The summed E-state index contributed by atoms with van der Waals surface area (Å²) in [5.74, 6) is -0.325. The van der Waals surface area contributed by atoms with Crippen LogP contribution >= 0.6 is 27.5 Å². The van der Waals surface area contributed by atoms with Crippen LogP contribution in [0.3, 0.4) is 0 Å². The molecule has 0 spiro atoms. The molecule has 0 aliphatic carbocycles. The fourth-order valence-electron chi connectivity index (χ4n) is 1.27. The van der Waals surface area contributed by atoms with Crippen molar-refractivity contribution in [2.75, 3.05) is 0 Å². The summed E-state index contributed by atoms with van der Waals surface area (Å²) >= 11 is 4.69. The predicted molar refractivity (Wildman–Crippen MR) is 63.1 cm³/mol. The van der Waals surface area contributed by atoms with Crippen LogP contribution in [0.25, 0.3) is 10.1 Å². The van der Waals surface area contributed by atoms with Crippen LogP contribution in [0.5, 0.6) is 0 Å². The summed E-state index contributed by atoms with van der Waals surface area (Å²) in [4.78, 5) is 10.8. The van der Waals surface area contributed by atoms with E-state index in [4.69, 9.17) is 4.74 Å². The van der Waals surface area contributed by atoms with Crippen molar-refractivity contribution in [3.8, 4) is 0 Å². The smallest absolute Gasteiger partial charge is 0.304 e. The van der Waals surface area contributed by atoms with Crippen molar-refractivity contribution in [2.24, 2.45) is 0 Å². The highest BCUT2D eigenvalue weighted by molar-refractivity contribution is 9.09. The number of rotatable bonds is 2. The Bertz CT molecular complexity index is 497. The monoisotopic (exact) mass is 285 g/mol. The molecule has 1 aromatic heterocycles. The molecular weight excluding hydrogens is 278 g/mol. The predicted octanol–water partition coefficient (Wildman–Crippen LogP) is 3.25. The van der Waals surface area contributed by atoms with Gasteiger partial charge in [0.1, 0.15) is 5.69 Å². The van der Waals surface area contributed by atoms with Crippen LogP contribution in [0.2, 0.25) is 0 Å². The number of nitrogens with zero attached hydrogens (tertiary/aromatic N) is 1. The highest BCUT2D eigenvalue weighted by Gasteiger charge is 2.16. The van der Waals surface area contributed by atoms with Gasteiger partial charge in [-0.3, -0.25) is 4.79 Å². The molecule has 2 aromatic rings. The third kappa shape index (κ3) is 2.18. The van der Waals surface area contributed by atoms with Crippen LogP contribution in [0, 0.1) is 0 Å². The van der Waals surface area contributed by atoms with E-state index in [0.717, 1.165) is 15.8 Å². The molecule has 3 nitrogen and oxygen atoms in total. The summed E-state index contributed by atoms with van der Waals surface area (Å²) in [5.41, 5.74) is 0.755. The lowest BCUT2D eigenvalue weighted by Gasteiger charge is -2.07. The Balaban J connectivity index is 2.39. The van der Waals surface area contributed by atoms with Gasteiger partial charge in [-0.2, -0.15) is 4.37 Å². The third-order valence-electron chi connectivity index (χ3n) is 1.89. The number of halogens is 1. The Kier molecular flexibility index (Phi) is 3.02. The Morgan fingerprint density at radius 2 is 2.27 bits per heavy atom. The number of carbonyl (C=O) groups excluding carboxylic acids is 1. The molecule has 78 valence electrons. The summed E-state index contributed by atoms with van der Waals surface area (Å²) in [5, 5.41) is 0.553. The Hall–Kier alpha value is -0.940. The van der Waals surface area contributed by atoms with E-state index in [2.05, 4.69) is 20.3 Å². The average Bonchev–Trinajstić information content (AvgIpc) is 2.59. The van der Waals surface area contributed by atoms with E-state index in [-0.39, 0.29) is 5.97 Å². The molecule has 0 bridgehead atoms. The van der Waals surface area contributed by atoms with Crippen LogP contribution < -0.4 is 0 Å². The summed E-state index contributed by atoms with van der Waals surface area (Å²) in [6.45, 7) is 1.38. The van der Waals surface area contributed by atoms with E-state index < -0.39 is 5.01 Å². The van der Waals surface area contributed by atoms with Crippen LogP contribution in [-0.4, -0.2) is 10.3 Å². The zero-order valence-electron chi connectivity index (χ0n) is 7.94. The minimum Gasteiger partial charge on any atom is -0.444 e. The lowest BCUT2D eigenvalue weighted by Crippen LogP contribution is -2.02. The summed E-state index contributed by atoms with van der Waals surface area (Å²) in [6, 6.07) is 7.85. The molecule has 1 atom stereocenters. The summed E-state index contributed by atoms with van der Waals surface area (Å²) in [7, 11) is 0. The average molecular weight is 286 g/mol. The number of esters is 1. The maximum atomic E-state index is 10.8. The topological polar surface area (TPSA) is 39.2 Å². The van der Waals surface area contributed by atoms with Gasteiger partial charge in [-0.25, -0.2) is 0 Å². The first-order valence-corrected chi connectivity index (χ1v) is 6.03. The second-order valence-electron chi connectivity index (χ2n) is 2.99. The van der Waals surface area contributed by atoms with Crippen molar-refractivity contribution in [1.82, 2.24) is 4.37 Å². The van der Waals surface area contributed by atoms with E-state index >= 15 is 0 Å². The van der Waals surface area contributed by atoms with Crippen molar-refractivity contribution >= 4 is 43.5 Å². The van der Waals surface area contributed by atoms with Gasteiger partial charge in [-0.1, -0.05) is 18.2 Å². The lowest BCUT2D eigenvalue weighted by molar-refractivity contribution is -0.142. The number of ether oxygens (including phenoxy) is 1. The molecular formula is C10H8BrNO2S. The largest absolute Gasteiger partial charge is 0.444 e. The fourth-order valence-corrected chi connectivity index (χ4v) is 2.82. The minimum absolute atomic E-state index is 0.325. The quantitative estimate of drug-likeness (QED) is 0.628. The number of alkyl halides is 1. The fraction of sp³-hybridized carbons (Fsp3) is 0.200. The Morgan fingerprint density at radius 3 is 3.00 bits per heavy atom. The van der Waals surface area contributed by atoms with Gasteiger partial charge in [0, 0.05) is 12.3 Å². The first kappa shape index (κ1) is 10.6. The number of hydrogen-bond donors (Lipinski definition) is 0. The normalized spacial score (nSPS) is 12.7. The van der Waals surface area contributed by atoms with Crippen molar-refractivity contribution in [2.45, 2.75) is 11.9 Å². The molecule has 5 heteroatoms. The Labute approximate surface area is 99.4 Å². The molecule has 1 heterocycles. The van der Waals surface area contributed by atoms with Gasteiger partial charge >= 0.3 is 5.97 Å². The first-order valence-electron chi connectivity index (χ1n) is 4.34. The maximum absolute atomic E-state index is 10.8. The molecule has 0 aliphatic rings. The van der Waals surface area contributed by atoms with Crippen molar-refractivity contribution in [3.05, 3.63) is 30.0 Å². The zero-order chi connectivity index (χ0) is 10.8. The molecule has 0 aliphatic heterocycles. The highest BCUT2D eigenvalue weighted by atomic mass is 79.9. The zero-order valence-corrected chi connectivity index (χ0v) is 10.3. The second kappa shape index (κ2) is 4.28. The molecule has 0 saturated heterocycles. The van der Waals surface area contributed by atoms with Crippen molar-refractivity contribution < 1.29 is 9.53 Å². The van der Waals surface area contributed by atoms with Gasteiger partial charge in [0.15, 0.2) is 5.01 Å². The first-order chi connectivity index (χ1) is 7.18. The third-order valence-corrected chi connectivity index (χ3v) is 3.35. The van der Waals surface area contributed by atoms with Gasteiger partial charge in [0.2, 0.25) is 0 Å². The molecule has 15 heavy (non-hydrogen) atoms. The second-order valence-corrected chi connectivity index (χ2v) is 4.63. The number of benzene rings is 1. The summed E-state index contributed by atoms with van der Waals surface area (Å²) < 4.78 is 10.4. The van der Waals surface area contributed by atoms with Gasteiger partial charge in [0.05, 0.1) is 4.70 Å². The van der Waals surface area contributed by atoms with E-state index in [9.17, 15) is 4.79 Å². The van der Waals surface area contributed by atoms with Crippen LogP contribution in [0.1, 0.15) is 17.6 Å². The number of carbonyl (C=O) groups is 1. The van der Waals surface area contributed by atoms with Crippen molar-refractivity contribution in [3.63, 3.8) is 0 Å². The van der Waals surface area contributed by atoms with E-state index in [1.807, 2.05) is 24.3 Å². The van der Waals surface area contributed by atoms with E-state index in [1.165, 1.54) is 18.5 Å². The van der Waals surface area contributed by atoms with Gasteiger partial charge < -0.3 is 4.74 Å². The van der Waals surface area contributed by atoms with Crippen molar-refractivity contribution in [1.29, 1.82) is 0 Å². The van der Waals surface area contributed by atoms with Crippen LogP contribution in [0.4, 0.5) is 0 Å². The number of aromatic nitrogens is 1. The van der Waals surface area contributed by atoms with Crippen LogP contribution in [-0.2, 0) is 9.53 Å². The van der Waals surface area contributed by atoms with Crippen LogP contribution in [0.15, 0.2) is 24.3 Å². The molecule has 1 unspecified atom stereocenters. The molecule has 0 saturated carbocycles. The van der Waals surface area contributed by atoms with E-state index in [1.54, 1.807) is 0 Å². The van der Waals surface area contributed by atoms with Gasteiger partial charge in [-0.05, 0) is 33.5 Å². The molecule has 2 rings (SSSR count). The number of hydrogen-bond acceptors (Lipinski definition) is 4. The maximum Gasteiger partial charge on any atom is 0.304 e. The number of fused-ring (bicyclic) bond motifs is 1. The highest BCUT2D eigenvalue weighted by Crippen LogP contribution is 2.32.